The third-order valence-corrected chi connectivity index (χ3v) is 2.79. The molecule has 1 atom stereocenters. The number of hydrogen-bond acceptors (Lipinski definition) is 4. The maximum atomic E-state index is 11.5. The predicted octanol–water partition coefficient (Wildman–Crippen LogP) is 0.828. The van der Waals surface area contributed by atoms with Gasteiger partial charge in [0.1, 0.15) is 17.6 Å². The third kappa shape index (κ3) is 3.23. The molecule has 102 valence electrons. The summed E-state index contributed by atoms with van der Waals surface area (Å²) in [5, 5.41) is 5.91. The Kier molecular flexibility index (Phi) is 4.35. The molecule has 0 aliphatic carbocycles. The number of furan rings is 1. The summed E-state index contributed by atoms with van der Waals surface area (Å²) in [6.07, 6.45) is 5.19. The van der Waals surface area contributed by atoms with Crippen LogP contribution in [-0.2, 0) is 11.8 Å². The van der Waals surface area contributed by atoms with Gasteiger partial charge in [0.15, 0.2) is 0 Å². The summed E-state index contributed by atoms with van der Waals surface area (Å²) in [5.74, 6) is 1.49. The van der Waals surface area contributed by atoms with Crippen LogP contribution in [0, 0.1) is 0 Å². The van der Waals surface area contributed by atoms with E-state index >= 15 is 0 Å². The van der Waals surface area contributed by atoms with E-state index in [-0.39, 0.29) is 18.5 Å². The molecule has 19 heavy (non-hydrogen) atoms. The first-order valence-corrected chi connectivity index (χ1v) is 6.23. The van der Waals surface area contributed by atoms with Crippen LogP contribution in [0.4, 0.5) is 0 Å². The van der Waals surface area contributed by atoms with Gasteiger partial charge in [-0.15, -0.1) is 0 Å². The van der Waals surface area contributed by atoms with Gasteiger partial charge in [0, 0.05) is 26.0 Å². The summed E-state index contributed by atoms with van der Waals surface area (Å²) in [5.41, 5.74) is 0. The highest BCUT2D eigenvalue weighted by Gasteiger charge is 2.21. The van der Waals surface area contributed by atoms with Gasteiger partial charge in [0.2, 0.25) is 5.91 Å². The zero-order chi connectivity index (χ0) is 13.7. The number of carbonyl (C=O) groups is 1. The zero-order valence-electron chi connectivity index (χ0n) is 11.1. The van der Waals surface area contributed by atoms with Crippen LogP contribution in [0.3, 0.4) is 0 Å². The minimum absolute atomic E-state index is 0.0479. The summed E-state index contributed by atoms with van der Waals surface area (Å²) in [7, 11) is 1.91. The molecule has 0 bridgehead atoms. The van der Waals surface area contributed by atoms with Crippen molar-refractivity contribution in [2.75, 3.05) is 13.1 Å². The van der Waals surface area contributed by atoms with Crippen LogP contribution in [0.1, 0.15) is 24.6 Å². The lowest BCUT2D eigenvalue weighted by Gasteiger charge is -2.16. The number of likely N-dealkylation sites (N-methyl/N-ethyl adjacent to an activating group) is 1. The van der Waals surface area contributed by atoms with Gasteiger partial charge in [-0.3, -0.25) is 10.1 Å². The molecule has 0 aliphatic rings. The average Bonchev–Trinajstić information content (AvgIpc) is 3.03. The van der Waals surface area contributed by atoms with Crippen molar-refractivity contribution in [1.82, 2.24) is 20.2 Å². The molecule has 0 aromatic carbocycles. The van der Waals surface area contributed by atoms with E-state index in [9.17, 15) is 4.79 Å². The lowest BCUT2D eigenvalue weighted by molar-refractivity contribution is -0.120. The molecule has 0 fully saturated rings. The van der Waals surface area contributed by atoms with E-state index < -0.39 is 0 Å². The first kappa shape index (κ1) is 13.4. The van der Waals surface area contributed by atoms with Crippen LogP contribution in [0.5, 0.6) is 0 Å². The van der Waals surface area contributed by atoms with E-state index in [1.165, 1.54) is 0 Å². The van der Waals surface area contributed by atoms with Crippen molar-refractivity contribution in [2.24, 2.45) is 7.05 Å². The minimum Gasteiger partial charge on any atom is -0.467 e. The molecule has 0 spiro atoms. The molecule has 2 aromatic heterocycles. The van der Waals surface area contributed by atoms with Gasteiger partial charge in [0.25, 0.3) is 0 Å². The van der Waals surface area contributed by atoms with Crippen molar-refractivity contribution in [3.05, 3.63) is 42.4 Å². The second-order valence-corrected chi connectivity index (χ2v) is 4.18. The second kappa shape index (κ2) is 6.19. The predicted molar refractivity (Wildman–Crippen MR) is 70.4 cm³/mol. The van der Waals surface area contributed by atoms with E-state index in [1.807, 2.05) is 36.9 Å². The maximum Gasteiger partial charge on any atom is 0.233 e. The Morgan fingerprint density at radius 2 is 2.42 bits per heavy atom. The van der Waals surface area contributed by atoms with E-state index in [4.69, 9.17) is 4.42 Å². The Morgan fingerprint density at radius 3 is 3.00 bits per heavy atom. The Hall–Kier alpha value is -2.08. The smallest absolute Gasteiger partial charge is 0.233 e. The average molecular weight is 262 g/mol. The van der Waals surface area contributed by atoms with Crippen molar-refractivity contribution >= 4 is 5.91 Å². The van der Waals surface area contributed by atoms with E-state index in [0.29, 0.717) is 6.54 Å². The summed E-state index contributed by atoms with van der Waals surface area (Å²) in [4.78, 5) is 15.8. The van der Waals surface area contributed by atoms with Crippen molar-refractivity contribution in [3.63, 3.8) is 0 Å². The van der Waals surface area contributed by atoms with Crippen LogP contribution in [0.15, 0.2) is 35.2 Å². The van der Waals surface area contributed by atoms with Crippen LogP contribution >= 0.6 is 0 Å². The molecule has 2 rings (SSSR count). The van der Waals surface area contributed by atoms with Gasteiger partial charge >= 0.3 is 0 Å². The summed E-state index contributed by atoms with van der Waals surface area (Å²) in [6, 6.07) is 3.45. The van der Waals surface area contributed by atoms with E-state index in [0.717, 1.165) is 11.6 Å². The van der Waals surface area contributed by atoms with Crippen LogP contribution in [0.25, 0.3) is 0 Å². The second-order valence-electron chi connectivity index (χ2n) is 4.18. The van der Waals surface area contributed by atoms with Crippen molar-refractivity contribution in [3.8, 4) is 0 Å². The molecule has 2 aromatic rings. The maximum absolute atomic E-state index is 11.5. The molecule has 2 N–H and O–H groups in total. The Bertz CT molecular complexity index is 518. The number of imidazole rings is 1. The molecule has 0 saturated carbocycles. The lowest BCUT2D eigenvalue weighted by atomic mass is 10.2. The highest BCUT2D eigenvalue weighted by molar-refractivity contribution is 5.78. The minimum atomic E-state index is -0.238. The Labute approximate surface area is 111 Å². The van der Waals surface area contributed by atoms with Crippen molar-refractivity contribution in [1.29, 1.82) is 0 Å². The Morgan fingerprint density at radius 1 is 1.58 bits per heavy atom. The molecule has 6 heteroatoms. The van der Waals surface area contributed by atoms with E-state index in [1.54, 1.807) is 12.5 Å². The van der Waals surface area contributed by atoms with E-state index in [2.05, 4.69) is 15.6 Å². The number of rotatable bonds is 6. The molecule has 6 nitrogen and oxygen atoms in total. The van der Waals surface area contributed by atoms with Crippen LogP contribution < -0.4 is 10.6 Å². The molecule has 1 unspecified atom stereocenters. The summed E-state index contributed by atoms with van der Waals surface area (Å²) < 4.78 is 7.32. The van der Waals surface area contributed by atoms with Crippen LogP contribution in [-0.4, -0.2) is 28.5 Å². The number of nitrogens with zero attached hydrogens (tertiary/aromatic N) is 2. The number of nitrogens with one attached hydrogen (secondary N) is 2. The lowest BCUT2D eigenvalue weighted by Crippen LogP contribution is -2.36. The van der Waals surface area contributed by atoms with Crippen molar-refractivity contribution in [2.45, 2.75) is 13.0 Å². The van der Waals surface area contributed by atoms with Gasteiger partial charge in [-0.1, -0.05) is 0 Å². The Balaban J connectivity index is 2.12. The van der Waals surface area contributed by atoms with Gasteiger partial charge in [-0.2, -0.15) is 0 Å². The fourth-order valence-electron chi connectivity index (χ4n) is 1.88. The van der Waals surface area contributed by atoms with Crippen molar-refractivity contribution < 1.29 is 9.21 Å². The summed E-state index contributed by atoms with van der Waals surface area (Å²) in [6.45, 7) is 2.72. The number of hydrogen-bond donors (Lipinski definition) is 2. The topological polar surface area (TPSA) is 72.1 Å². The molecule has 0 aliphatic heterocycles. The quantitative estimate of drug-likeness (QED) is 0.808. The molecular weight excluding hydrogens is 244 g/mol. The molecule has 0 saturated heterocycles. The van der Waals surface area contributed by atoms with Crippen LogP contribution in [0.2, 0.25) is 0 Å². The number of aromatic nitrogens is 2. The van der Waals surface area contributed by atoms with Gasteiger partial charge < -0.3 is 14.3 Å². The van der Waals surface area contributed by atoms with Gasteiger partial charge in [-0.25, -0.2) is 4.98 Å². The largest absolute Gasteiger partial charge is 0.467 e. The normalized spacial score (nSPS) is 12.3. The third-order valence-electron chi connectivity index (χ3n) is 2.79. The molecule has 0 radical (unpaired) electrons. The standard InChI is InChI=1S/C13H18N4O2/c1-3-14-11(18)9-16-12(10-5-4-8-19-10)13-15-6-7-17(13)2/h4-8,12,16H,3,9H2,1-2H3,(H,14,18). The molecule has 1 amide bonds. The highest BCUT2D eigenvalue weighted by atomic mass is 16.3. The fourth-order valence-corrected chi connectivity index (χ4v) is 1.88. The number of amides is 1. The fraction of sp³-hybridized carbons (Fsp3) is 0.385. The zero-order valence-corrected chi connectivity index (χ0v) is 11.1. The monoisotopic (exact) mass is 262 g/mol. The molecular formula is C13H18N4O2. The first-order valence-electron chi connectivity index (χ1n) is 6.23. The summed E-state index contributed by atoms with van der Waals surface area (Å²) >= 11 is 0. The van der Waals surface area contributed by atoms with Gasteiger partial charge in [0.05, 0.1) is 12.8 Å². The molecule has 2 heterocycles. The number of aryl methyl sites for hydroxylation is 1. The number of carbonyl (C=O) groups excluding carboxylic acids is 1. The first-order chi connectivity index (χ1) is 9.22. The van der Waals surface area contributed by atoms with Gasteiger partial charge in [-0.05, 0) is 19.1 Å². The highest BCUT2D eigenvalue weighted by Crippen LogP contribution is 2.20. The SMILES string of the molecule is CCNC(=O)CNC(c1ccco1)c1nccn1C.